The first-order valence-electron chi connectivity index (χ1n) is 7.33. The number of rotatable bonds is 4. The number of nitrogens with one attached hydrogen (secondary N) is 1. The van der Waals surface area contributed by atoms with Crippen molar-refractivity contribution < 1.29 is 9.53 Å². The van der Waals surface area contributed by atoms with Gasteiger partial charge in [0.2, 0.25) is 5.91 Å². The number of nitrogens with zero attached hydrogens (tertiary/aromatic N) is 2. The fraction of sp³-hybridized carbons (Fsp3) is 0.600. The van der Waals surface area contributed by atoms with Crippen molar-refractivity contribution in [3.8, 4) is 0 Å². The molecule has 20 heavy (non-hydrogen) atoms. The number of ether oxygens (including phenoxy) is 1. The third-order valence-electron chi connectivity index (χ3n) is 4.00. The molecule has 1 fully saturated rings. The Balaban J connectivity index is 1.58. The van der Waals surface area contributed by atoms with Gasteiger partial charge in [-0.05, 0) is 18.1 Å². The lowest BCUT2D eigenvalue weighted by Gasteiger charge is -2.31. The molecule has 3 rings (SSSR count). The van der Waals surface area contributed by atoms with Crippen LogP contribution in [0.3, 0.4) is 0 Å². The van der Waals surface area contributed by atoms with E-state index in [9.17, 15) is 4.79 Å². The van der Waals surface area contributed by atoms with E-state index in [1.807, 2.05) is 4.90 Å². The molecule has 0 unspecified atom stereocenters. The normalized spacial score (nSPS) is 18.6. The predicted octanol–water partition coefficient (Wildman–Crippen LogP) is 0.517. The highest BCUT2D eigenvalue weighted by Crippen LogP contribution is 2.18. The Labute approximate surface area is 119 Å². The van der Waals surface area contributed by atoms with E-state index in [4.69, 9.17) is 4.74 Å². The summed E-state index contributed by atoms with van der Waals surface area (Å²) in [6.45, 7) is 5.43. The van der Waals surface area contributed by atoms with Gasteiger partial charge in [0.05, 0.1) is 25.8 Å². The highest BCUT2D eigenvalue weighted by atomic mass is 16.5. The highest BCUT2D eigenvalue weighted by Gasteiger charge is 2.23. The lowest BCUT2D eigenvalue weighted by Crippen LogP contribution is -2.50. The zero-order chi connectivity index (χ0) is 13.9. The number of hydrogen-bond acceptors (Lipinski definition) is 4. The molecule has 2 aliphatic rings. The number of carbonyl (C=O) groups excluding carboxylic acids is 1. The standard InChI is InChI=1S/C15H21N3O2/c1-2-12-4-3-11-8-18(6-5-14(11)17-12)15(19)7-16-13-9-20-10-13/h3-4,13,16H,2,5-10H2,1H3. The second-order valence-electron chi connectivity index (χ2n) is 5.44. The summed E-state index contributed by atoms with van der Waals surface area (Å²) in [6, 6.07) is 4.54. The number of hydrogen-bond donors (Lipinski definition) is 1. The zero-order valence-electron chi connectivity index (χ0n) is 11.9. The number of aryl methyl sites for hydroxylation is 1. The second-order valence-corrected chi connectivity index (χ2v) is 5.44. The first-order chi connectivity index (χ1) is 9.76. The fourth-order valence-electron chi connectivity index (χ4n) is 2.57. The molecule has 1 saturated heterocycles. The summed E-state index contributed by atoms with van der Waals surface area (Å²) in [6.07, 6.45) is 1.82. The number of aromatic nitrogens is 1. The number of fused-ring (bicyclic) bond motifs is 1. The molecule has 0 atom stereocenters. The maximum Gasteiger partial charge on any atom is 0.236 e. The minimum atomic E-state index is 0.169. The van der Waals surface area contributed by atoms with Gasteiger partial charge in [0.1, 0.15) is 0 Å². The molecule has 0 radical (unpaired) electrons. The van der Waals surface area contributed by atoms with E-state index in [-0.39, 0.29) is 5.91 Å². The Morgan fingerprint density at radius 2 is 2.35 bits per heavy atom. The van der Waals surface area contributed by atoms with Gasteiger partial charge in [-0.1, -0.05) is 13.0 Å². The van der Waals surface area contributed by atoms with Crippen molar-refractivity contribution in [2.75, 3.05) is 26.3 Å². The smallest absolute Gasteiger partial charge is 0.236 e. The lowest BCUT2D eigenvalue weighted by molar-refractivity contribution is -0.131. The first kappa shape index (κ1) is 13.5. The molecular formula is C15H21N3O2. The van der Waals surface area contributed by atoms with Crippen LogP contribution < -0.4 is 5.32 Å². The van der Waals surface area contributed by atoms with Gasteiger partial charge in [-0.3, -0.25) is 9.78 Å². The molecule has 108 valence electrons. The van der Waals surface area contributed by atoms with Crippen LogP contribution in [-0.4, -0.2) is 48.1 Å². The summed E-state index contributed by atoms with van der Waals surface area (Å²) in [7, 11) is 0. The fourth-order valence-corrected chi connectivity index (χ4v) is 2.57. The van der Waals surface area contributed by atoms with Crippen LogP contribution >= 0.6 is 0 Å². The zero-order valence-corrected chi connectivity index (χ0v) is 11.9. The summed E-state index contributed by atoms with van der Waals surface area (Å²) in [5.74, 6) is 0.169. The van der Waals surface area contributed by atoms with Gasteiger partial charge in [0.25, 0.3) is 0 Å². The van der Waals surface area contributed by atoms with Crippen LogP contribution in [0, 0.1) is 0 Å². The first-order valence-corrected chi connectivity index (χ1v) is 7.33. The largest absolute Gasteiger partial charge is 0.378 e. The number of pyridine rings is 1. The third kappa shape index (κ3) is 2.83. The maximum atomic E-state index is 12.2. The summed E-state index contributed by atoms with van der Waals surface area (Å²) in [5, 5.41) is 3.23. The summed E-state index contributed by atoms with van der Waals surface area (Å²) in [4.78, 5) is 18.7. The van der Waals surface area contributed by atoms with Crippen molar-refractivity contribution >= 4 is 5.91 Å². The predicted molar refractivity (Wildman–Crippen MR) is 75.3 cm³/mol. The van der Waals surface area contributed by atoms with Crippen LogP contribution in [-0.2, 0) is 28.9 Å². The molecule has 1 aromatic heterocycles. The van der Waals surface area contributed by atoms with Crippen molar-refractivity contribution in [3.63, 3.8) is 0 Å². The van der Waals surface area contributed by atoms with Gasteiger partial charge in [0, 0.05) is 30.9 Å². The van der Waals surface area contributed by atoms with Crippen LogP contribution in [0.2, 0.25) is 0 Å². The van der Waals surface area contributed by atoms with E-state index in [0.717, 1.165) is 44.0 Å². The Morgan fingerprint density at radius 1 is 1.50 bits per heavy atom. The molecule has 0 saturated carbocycles. The molecule has 0 aromatic carbocycles. The quantitative estimate of drug-likeness (QED) is 0.870. The Hall–Kier alpha value is -1.46. The van der Waals surface area contributed by atoms with Crippen LogP contribution in [0.4, 0.5) is 0 Å². The Morgan fingerprint density at radius 3 is 3.05 bits per heavy atom. The number of carbonyl (C=O) groups is 1. The Kier molecular flexibility index (Phi) is 3.98. The van der Waals surface area contributed by atoms with Crippen LogP contribution in [0.25, 0.3) is 0 Å². The van der Waals surface area contributed by atoms with Gasteiger partial charge in [-0.15, -0.1) is 0 Å². The minimum Gasteiger partial charge on any atom is -0.378 e. The van der Waals surface area contributed by atoms with E-state index >= 15 is 0 Å². The van der Waals surface area contributed by atoms with Crippen LogP contribution in [0.1, 0.15) is 23.9 Å². The topological polar surface area (TPSA) is 54.5 Å². The van der Waals surface area contributed by atoms with Gasteiger partial charge >= 0.3 is 0 Å². The third-order valence-corrected chi connectivity index (χ3v) is 4.00. The van der Waals surface area contributed by atoms with E-state index in [1.165, 1.54) is 5.56 Å². The second kappa shape index (κ2) is 5.89. The van der Waals surface area contributed by atoms with Gasteiger partial charge < -0.3 is 15.0 Å². The SMILES string of the molecule is CCc1ccc2c(n1)CCN(C(=O)CNC1COC1)C2. The molecular weight excluding hydrogens is 254 g/mol. The van der Waals surface area contributed by atoms with Gasteiger partial charge in [-0.25, -0.2) is 0 Å². The van der Waals surface area contributed by atoms with Crippen molar-refractivity contribution in [3.05, 3.63) is 29.1 Å². The van der Waals surface area contributed by atoms with Crippen molar-refractivity contribution in [1.82, 2.24) is 15.2 Å². The molecule has 0 bridgehead atoms. The molecule has 1 amide bonds. The Bertz CT molecular complexity index is 500. The summed E-state index contributed by atoms with van der Waals surface area (Å²) in [5.41, 5.74) is 3.48. The van der Waals surface area contributed by atoms with Crippen LogP contribution in [0.5, 0.6) is 0 Å². The maximum absolute atomic E-state index is 12.2. The lowest BCUT2D eigenvalue weighted by atomic mass is 10.0. The van der Waals surface area contributed by atoms with E-state index in [0.29, 0.717) is 19.1 Å². The average Bonchev–Trinajstić information content (AvgIpc) is 2.44. The molecule has 0 spiro atoms. The van der Waals surface area contributed by atoms with Crippen molar-refractivity contribution in [2.24, 2.45) is 0 Å². The van der Waals surface area contributed by atoms with E-state index in [2.05, 4.69) is 29.4 Å². The van der Waals surface area contributed by atoms with Gasteiger partial charge in [0.15, 0.2) is 0 Å². The van der Waals surface area contributed by atoms with Crippen molar-refractivity contribution in [1.29, 1.82) is 0 Å². The van der Waals surface area contributed by atoms with Crippen molar-refractivity contribution in [2.45, 2.75) is 32.4 Å². The number of amides is 1. The molecule has 3 heterocycles. The molecule has 5 nitrogen and oxygen atoms in total. The average molecular weight is 275 g/mol. The van der Waals surface area contributed by atoms with E-state index < -0.39 is 0 Å². The molecule has 1 N–H and O–H groups in total. The van der Waals surface area contributed by atoms with Crippen LogP contribution in [0.15, 0.2) is 12.1 Å². The molecule has 0 aliphatic carbocycles. The van der Waals surface area contributed by atoms with E-state index in [1.54, 1.807) is 0 Å². The summed E-state index contributed by atoms with van der Waals surface area (Å²) >= 11 is 0. The highest BCUT2D eigenvalue weighted by molar-refractivity contribution is 5.78. The minimum absolute atomic E-state index is 0.169. The monoisotopic (exact) mass is 275 g/mol. The van der Waals surface area contributed by atoms with Gasteiger partial charge in [-0.2, -0.15) is 0 Å². The molecule has 2 aliphatic heterocycles. The molecule has 5 heteroatoms. The summed E-state index contributed by atoms with van der Waals surface area (Å²) < 4.78 is 5.09. The molecule has 1 aromatic rings.